The molecule has 1 aromatic heterocycles. The molecule has 1 aromatic rings. The molecule has 0 atom stereocenters. The van der Waals surface area contributed by atoms with Crippen molar-refractivity contribution >= 4 is 15.9 Å². The van der Waals surface area contributed by atoms with Crippen LogP contribution in [0.15, 0.2) is 21.4 Å². The topological polar surface area (TPSA) is 56.6 Å². The molecule has 0 fully saturated rings. The predicted molar refractivity (Wildman–Crippen MR) is 39.5 cm³/mol. The average Bonchev–Trinajstić information content (AvgIpc) is 1.95. The van der Waals surface area contributed by atoms with Crippen molar-refractivity contribution < 1.29 is 0 Å². The Bertz CT molecular complexity index is 336. The molecule has 0 spiro atoms. The maximum Gasteiger partial charge on any atom is 0.263 e. The van der Waals surface area contributed by atoms with Gasteiger partial charge in [0.05, 0.1) is 4.47 Å². The molecule has 0 radical (unpaired) electrons. The molecule has 1 rings (SSSR count). The molecule has 0 saturated heterocycles. The van der Waals surface area contributed by atoms with Crippen molar-refractivity contribution in [2.24, 2.45) is 0 Å². The van der Waals surface area contributed by atoms with Gasteiger partial charge in [0.15, 0.2) is 0 Å². The van der Waals surface area contributed by atoms with Gasteiger partial charge in [-0.3, -0.25) is 4.79 Å². The zero-order valence-corrected chi connectivity index (χ0v) is 6.47. The molecule has 0 bridgehead atoms. The number of H-pyrrole nitrogens is 1. The Kier molecular flexibility index (Phi) is 1.88. The van der Waals surface area contributed by atoms with E-state index in [2.05, 4.69) is 20.9 Å². The molecule has 50 valence electrons. The number of aromatic amines is 1. The number of aromatic nitrogens is 1. The Hall–Kier alpha value is -1.08. The lowest BCUT2D eigenvalue weighted by Gasteiger charge is -1.87. The summed E-state index contributed by atoms with van der Waals surface area (Å²) in [5.41, 5.74) is -0.00718. The van der Waals surface area contributed by atoms with Crippen LogP contribution in [0.4, 0.5) is 0 Å². The molecule has 1 N–H and O–H groups in total. The molecule has 0 aliphatic rings. The van der Waals surface area contributed by atoms with Crippen LogP contribution in [0, 0.1) is 11.3 Å². The van der Waals surface area contributed by atoms with Crippen LogP contribution >= 0.6 is 15.9 Å². The monoisotopic (exact) mass is 198 g/mol. The minimum Gasteiger partial charge on any atom is -0.313 e. The summed E-state index contributed by atoms with van der Waals surface area (Å²) in [4.78, 5) is 13.1. The molecule has 0 aromatic carbocycles. The Balaban J connectivity index is 3.34. The number of nitrogens with one attached hydrogen (secondary N) is 1. The van der Waals surface area contributed by atoms with E-state index in [1.807, 2.05) is 6.07 Å². The highest BCUT2D eigenvalue weighted by Crippen LogP contribution is 2.00. The van der Waals surface area contributed by atoms with Crippen LogP contribution < -0.4 is 5.56 Å². The molecular weight excluding hydrogens is 196 g/mol. The smallest absolute Gasteiger partial charge is 0.263 e. The molecular formula is C6H3BrN2O. The van der Waals surface area contributed by atoms with Crippen LogP contribution in [0.1, 0.15) is 5.69 Å². The fraction of sp³-hybridized carbons (Fsp3) is 0. The quantitative estimate of drug-likeness (QED) is 0.677. The number of nitriles is 1. The van der Waals surface area contributed by atoms with Crippen LogP contribution in [0.5, 0.6) is 0 Å². The van der Waals surface area contributed by atoms with Crippen LogP contribution in [0.2, 0.25) is 0 Å². The first-order valence-corrected chi connectivity index (χ1v) is 3.32. The second-order valence-electron chi connectivity index (χ2n) is 1.66. The van der Waals surface area contributed by atoms with E-state index >= 15 is 0 Å². The number of hydrogen-bond donors (Lipinski definition) is 1. The molecule has 3 nitrogen and oxygen atoms in total. The van der Waals surface area contributed by atoms with E-state index < -0.39 is 0 Å². The van der Waals surface area contributed by atoms with Crippen molar-refractivity contribution in [3.8, 4) is 6.07 Å². The summed E-state index contributed by atoms with van der Waals surface area (Å²) in [6.07, 6.45) is 0. The van der Waals surface area contributed by atoms with Gasteiger partial charge >= 0.3 is 0 Å². The van der Waals surface area contributed by atoms with Gasteiger partial charge in [-0.25, -0.2) is 0 Å². The van der Waals surface area contributed by atoms with Gasteiger partial charge in [0.1, 0.15) is 11.8 Å². The van der Waals surface area contributed by atoms with Gasteiger partial charge in [0.2, 0.25) is 0 Å². The van der Waals surface area contributed by atoms with Gasteiger partial charge < -0.3 is 4.98 Å². The van der Waals surface area contributed by atoms with Crippen molar-refractivity contribution in [2.45, 2.75) is 0 Å². The van der Waals surface area contributed by atoms with E-state index in [1.54, 1.807) is 0 Å². The van der Waals surface area contributed by atoms with Gasteiger partial charge in [0.25, 0.3) is 5.56 Å². The maximum absolute atomic E-state index is 10.7. The first kappa shape index (κ1) is 7.03. The highest BCUT2D eigenvalue weighted by molar-refractivity contribution is 9.10. The Morgan fingerprint density at radius 3 is 2.80 bits per heavy atom. The summed E-state index contributed by atoms with van der Waals surface area (Å²) in [6, 6.07) is 4.89. The number of pyridine rings is 1. The number of rotatable bonds is 0. The third-order valence-corrected chi connectivity index (χ3v) is 1.61. The summed E-state index contributed by atoms with van der Waals surface area (Å²) in [5.74, 6) is 0. The van der Waals surface area contributed by atoms with Gasteiger partial charge in [-0.15, -0.1) is 0 Å². The van der Waals surface area contributed by atoms with Gasteiger partial charge in [-0.1, -0.05) is 0 Å². The molecule has 0 amide bonds. The second kappa shape index (κ2) is 2.67. The first-order valence-electron chi connectivity index (χ1n) is 2.53. The minimum atomic E-state index is -0.279. The van der Waals surface area contributed by atoms with Gasteiger partial charge in [-0.05, 0) is 28.1 Å². The van der Waals surface area contributed by atoms with Crippen molar-refractivity contribution in [1.29, 1.82) is 5.26 Å². The van der Waals surface area contributed by atoms with Crippen LogP contribution in [-0.2, 0) is 0 Å². The molecule has 10 heavy (non-hydrogen) atoms. The Labute approximate surface area is 65.4 Å². The first-order chi connectivity index (χ1) is 4.74. The fourth-order valence-corrected chi connectivity index (χ4v) is 0.752. The second-order valence-corrected chi connectivity index (χ2v) is 2.52. The lowest BCUT2D eigenvalue weighted by molar-refractivity contribution is 1.18. The lowest BCUT2D eigenvalue weighted by Crippen LogP contribution is -2.06. The third-order valence-electron chi connectivity index (χ3n) is 0.982. The van der Waals surface area contributed by atoms with Crippen LogP contribution in [0.3, 0.4) is 0 Å². The maximum atomic E-state index is 10.7. The highest BCUT2D eigenvalue weighted by atomic mass is 79.9. The number of halogens is 1. The summed E-state index contributed by atoms with van der Waals surface area (Å²) >= 11 is 3.01. The average molecular weight is 199 g/mol. The largest absolute Gasteiger partial charge is 0.313 e. The molecule has 0 saturated carbocycles. The summed E-state index contributed by atoms with van der Waals surface area (Å²) in [5, 5.41) is 8.32. The van der Waals surface area contributed by atoms with E-state index in [9.17, 15) is 4.79 Å². The van der Waals surface area contributed by atoms with E-state index in [1.165, 1.54) is 12.1 Å². The normalized spacial score (nSPS) is 8.80. The molecule has 0 aliphatic carbocycles. The van der Waals surface area contributed by atoms with E-state index in [-0.39, 0.29) is 11.3 Å². The van der Waals surface area contributed by atoms with Gasteiger partial charge in [-0.2, -0.15) is 5.26 Å². The van der Waals surface area contributed by atoms with Gasteiger partial charge in [0, 0.05) is 0 Å². The molecule has 1 heterocycles. The SMILES string of the molecule is N#Cc1ccc(Br)c(=O)[nH]1. The Morgan fingerprint density at radius 1 is 1.60 bits per heavy atom. The predicted octanol–water partition coefficient (Wildman–Crippen LogP) is 1.01. The van der Waals surface area contributed by atoms with E-state index in [0.717, 1.165) is 0 Å². The zero-order chi connectivity index (χ0) is 7.56. The fourth-order valence-electron chi connectivity index (χ4n) is 0.521. The number of hydrogen-bond acceptors (Lipinski definition) is 2. The Morgan fingerprint density at radius 2 is 2.30 bits per heavy atom. The summed E-state index contributed by atoms with van der Waals surface area (Å²) in [6.45, 7) is 0. The third kappa shape index (κ3) is 1.25. The highest BCUT2D eigenvalue weighted by Gasteiger charge is 1.94. The van der Waals surface area contributed by atoms with Crippen LogP contribution in [-0.4, -0.2) is 4.98 Å². The van der Waals surface area contributed by atoms with Crippen LogP contribution in [0.25, 0.3) is 0 Å². The summed E-state index contributed by atoms with van der Waals surface area (Å²) in [7, 11) is 0. The molecule has 0 unspecified atom stereocenters. The van der Waals surface area contributed by atoms with Crippen molar-refractivity contribution in [1.82, 2.24) is 4.98 Å². The van der Waals surface area contributed by atoms with E-state index in [0.29, 0.717) is 4.47 Å². The molecule has 4 heteroatoms. The zero-order valence-electron chi connectivity index (χ0n) is 4.89. The summed E-state index contributed by atoms with van der Waals surface area (Å²) < 4.78 is 0.437. The number of nitrogens with zero attached hydrogens (tertiary/aromatic N) is 1. The standard InChI is InChI=1S/C6H3BrN2O/c7-5-2-1-4(3-8)9-6(5)10/h1-2H,(H,9,10). The van der Waals surface area contributed by atoms with E-state index in [4.69, 9.17) is 5.26 Å². The minimum absolute atomic E-state index is 0.271. The lowest BCUT2D eigenvalue weighted by atomic mass is 10.4. The van der Waals surface area contributed by atoms with Crippen molar-refractivity contribution in [2.75, 3.05) is 0 Å². The molecule has 0 aliphatic heterocycles. The van der Waals surface area contributed by atoms with Crippen molar-refractivity contribution in [3.63, 3.8) is 0 Å². The van der Waals surface area contributed by atoms with Crippen molar-refractivity contribution in [3.05, 3.63) is 32.7 Å².